The van der Waals surface area contributed by atoms with E-state index in [-0.39, 0.29) is 18.2 Å². The number of hydrogen-bond donors (Lipinski definition) is 0. The molecule has 1 aliphatic rings. The van der Waals surface area contributed by atoms with E-state index in [2.05, 4.69) is 16.8 Å². The van der Waals surface area contributed by atoms with Crippen LogP contribution in [-0.2, 0) is 4.79 Å². The molecule has 0 N–H and O–H groups in total. The maximum Gasteiger partial charge on any atom is 0.273 e. The highest BCUT2D eigenvalue weighted by atomic mass is 32.1. The van der Waals surface area contributed by atoms with Gasteiger partial charge in [-0.05, 0) is 19.9 Å². The Morgan fingerprint density at radius 2 is 2.04 bits per heavy atom. The fourth-order valence-corrected chi connectivity index (χ4v) is 3.62. The number of piperazine rings is 1. The maximum absolute atomic E-state index is 12.3. The van der Waals surface area contributed by atoms with Gasteiger partial charge in [-0.25, -0.2) is 4.98 Å². The Hall–Kier alpha value is -2.68. The van der Waals surface area contributed by atoms with Crippen molar-refractivity contribution in [3.63, 3.8) is 0 Å². The lowest BCUT2D eigenvalue weighted by molar-refractivity contribution is -0.384. The van der Waals surface area contributed by atoms with Crippen LogP contribution in [-0.4, -0.2) is 53.5 Å². The molecule has 1 saturated heterocycles. The van der Waals surface area contributed by atoms with E-state index in [0.717, 1.165) is 23.9 Å². The third-order valence-electron chi connectivity index (χ3n) is 4.31. The Kier molecular flexibility index (Phi) is 5.36. The van der Waals surface area contributed by atoms with E-state index in [1.165, 1.54) is 23.1 Å². The largest absolute Gasteiger partial charge is 0.484 e. The number of aryl methyl sites for hydroxylation is 2. The number of amides is 1. The second-order valence-corrected chi connectivity index (χ2v) is 7.23. The number of benzene rings is 1. The summed E-state index contributed by atoms with van der Waals surface area (Å²) < 4.78 is 5.42. The van der Waals surface area contributed by atoms with Crippen molar-refractivity contribution in [2.45, 2.75) is 13.8 Å². The summed E-state index contributed by atoms with van der Waals surface area (Å²) >= 11 is 1.67. The predicted molar refractivity (Wildman–Crippen MR) is 99.0 cm³/mol. The molecule has 8 nitrogen and oxygen atoms in total. The number of nitro benzene ring substituents is 1. The lowest BCUT2D eigenvalue weighted by atomic mass is 10.3. The van der Waals surface area contributed by atoms with Crippen LogP contribution in [0.15, 0.2) is 24.3 Å². The fraction of sp³-hybridized carbons (Fsp3) is 0.412. The number of nitrogens with zero attached hydrogens (tertiary/aromatic N) is 4. The van der Waals surface area contributed by atoms with E-state index in [9.17, 15) is 14.9 Å². The molecule has 1 aromatic carbocycles. The summed E-state index contributed by atoms with van der Waals surface area (Å²) in [6, 6.07) is 5.84. The van der Waals surface area contributed by atoms with Crippen molar-refractivity contribution in [1.82, 2.24) is 9.88 Å². The van der Waals surface area contributed by atoms with Crippen molar-refractivity contribution in [2.75, 3.05) is 37.7 Å². The van der Waals surface area contributed by atoms with Gasteiger partial charge >= 0.3 is 0 Å². The van der Waals surface area contributed by atoms with Crippen molar-refractivity contribution in [1.29, 1.82) is 0 Å². The summed E-state index contributed by atoms with van der Waals surface area (Å²) in [7, 11) is 0. The molecule has 138 valence electrons. The van der Waals surface area contributed by atoms with Gasteiger partial charge in [0.25, 0.3) is 11.6 Å². The van der Waals surface area contributed by atoms with Crippen molar-refractivity contribution < 1.29 is 14.5 Å². The van der Waals surface area contributed by atoms with Crippen LogP contribution >= 0.6 is 11.3 Å². The van der Waals surface area contributed by atoms with Gasteiger partial charge in [0, 0.05) is 37.1 Å². The molecule has 0 unspecified atom stereocenters. The molecule has 0 radical (unpaired) electrons. The van der Waals surface area contributed by atoms with Crippen molar-refractivity contribution in [3.8, 4) is 5.75 Å². The molecule has 0 spiro atoms. The topological polar surface area (TPSA) is 88.8 Å². The van der Waals surface area contributed by atoms with Crippen LogP contribution < -0.4 is 9.64 Å². The van der Waals surface area contributed by atoms with Crippen molar-refractivity contribution >= 4 is 28.1 Å². The molecule has 1 aromatic heterocycles. The highest BCUT2D eigenvalue weighted by molar-refractivity contribution is 7.15. The number of carbonyl (C=O) groups is 1. The zero-order chi connectivity index (χ0) is 18.7. The van der Waals surface area contributed by atoms with E-state index < -0.39 is 4.92 Å². The van der Waals surface area contributed by atoms with E-state index in [1.807, 2.05) is 6.92 Å². The minimum Gasteiger partial charge on any atom is -0.484 e. The molecule has 9 heteroatoms. The van der Waals surface area contributed by atoms with Gasteiger partial charge < -0.3 is 14.5 Å². The first-order chi connectivity index (χ1) is 12.4. The quantitative estimate of drug-likeness (QED) is 0.588. The van der Waals surface area contributed by atoms with Crippen LogP contribution in [0.1, 0.15) is 10.6 Å². The Bertz CT molecular complexity index is 795. The number of carbonyl (C=O) groups excluding carboxylic acids is 1. The number of nitro groups is 1. The van der Waals surface area contributed by atoms with Gasteiger partial charge in [-0.2, -0.15) is 0 Å². The molecular weight excluding hydrogens is 356 g/mol. The first-order valence-electron chi connectivity index (χ1n) is 8.28. The Morgan fingerprint density at radius 3 is 2.65 bits per heavy atom. The summed E-state index contributed by atoms with van der Waals surface area (Å²) in [6.07, 6.45) is 0. The summed E-state index contributed by atoms with van der Waals surface area (Å²) in [5.41, 5.74) is 0.992. The molecule has 1 aliphatic heterocycles. The van der Waals surface area contributed by atoms with Gasteiger partial charge in [0.1, 0.15) is 5.75 Å². The van der Waals surface area contributed by atoms with Crippen LogP contribution in [0, 0.1) is 24.0 Å². The monoisotopic (exact) mass is 376 g/mol. The Morgan fingerprint density at radius 1 is 1.31 bits per heavy atom. The minimum absolute atomic E-state index is 0.0578. The second kappa shape index (κ2) is 7.69. The van der Waals surface area contributed by atoms with Gasteiger partial charge in [0.05, 0.1) is 16.7 Å². The molecular formula is C17H20N4O4S. The highest BCUT2D eigenvalue weighted by Crippen LogP contribution is 2.26. The number of rotatable bonds is 5. The Labute approximate surface area is 155 Å². The molecule has 1 amide bonds. The summed E-state index contributed by atoms with van der Waals surface area (Å²) in [4.78, 5) is 32.3. The van der Waals surface area contributed by atoms with Gasteiger partial charge in [0.15, 0.2) is 11.7 Å². The first-order valence-corrected chi connectivity index (χ1v) is 9.09. The van der Waals surface area contributed by atoms with Crippen molar-refractivity contribution in [3.05, 3.63) is 45.0 Å². The van der Waals surface area contributed by atoms with Crippen LogP contribution in [0.4, 0.5) is 10.8 Å². The smallest absolute Gasteiger partial charge is 0.273 e. The Balaban J connectivity index is 1.51. The standard InChI is InChI=1S/C17H20N4O4S/c1-12-13(2)26-17(18-12)20-8-6-19(7-9-20)16(22)11-25-15-5-3-4-14(10-15)21(23)24/h3-5,10H,6-9,11H2,1-2H3. The zero-order valence-electron chi connectivity index (χ0n) is 14.7. The average Bonchev–Trinajstić information content (AvgIpc) is 2.99. The average molecular weight is 376 g/mol. The number of non-ortho nitro benzene ring substituents is 1. The number of hydrogen-bond acceptors (Lipinski definition) is 7. The van der Waals surface area contributed by atoms with E-state index in [1.54, 1.807) is 22.3 Å². The fourth-order valence-electron chi connectivity index (χ4n) is 2.66. The van der Waals surface area contributed by atoms with Gasteiger partial charge in [0.2, 0.25) is 0 Å². The highest BCUT2D eigenvalue weighted by Gasteiger charge is 2.23. The van der Waals surface area contributed by atoms with E-state index in [0.29, 0.717) is 18.8 Å². The molecule has 1 fully saturated rings. The third-order valence-corrected chi connectivity index (χ3v) is 5.44. The zero-order valence-corrected chi connectivity index (χ0v) is 15.5. The van der Waals surface area contributed by atoms with Crippen LogP contribution in [0.2, 0.25) is 0 Å². The van der Waals surface area contributed by atoms with Crippen LogP contribution in [0.25, 0.3) is 0 Å². The lowest BCUT2D eigenvalue weighted by Gasteiger charge is -2.34. The number of thiazole rings is 1. The minimum atomic E-state index is -0.490. The molecule has 0 bridgehead atoms. The summed E-state index contributed by atoms with van der Waals surface area (Å²) in [6.45, 7) is 6.60. The predicted octanol–water partition coefficient (Wildman–Crippen LogP) is 2.40. The maximum atomic E-state index is 12.3. The summed E-state index contributed by atoms with van der Waals surface area (Å²) in [5.74, 6) is 0.197. The molecule has 0 aliphatic carbocycles. The lowest BCUT2D eigenvalue weighted by Crippen LogP contribution is -2.50. The normalized spacial score (nSPS) is 14.4. The first kappa shape index (κ1) is 18.1. The van der Waals surface area contributed by atoms with E-state index >= 15 is 0 Å². The van der Waals surface area contributed by atoms with Crippen LogP contribution in [0.3, 0.4) is 0 Å². The number of aromatic nitrogens is 1. The molecule has 2 aromatic rings. The van der Waals surface area contributed by atoms with Crippen molar-refractivity contribution in [2.24, 2.45) is 0 Å². The van der Waals surface area contributed by atoms with Gasteiger partial charge in [-0.3, -0.25) is 14.9 Å². The number of anilines is 1. The van der Waals surface area contributed by atoms with E-state index in [4.69, 9.17) is 4.74 Å². The summed E-state index contributed by atoms with van der Waals surface area (Å²) in [5, 5.41) is 11.8. The number of ether oxygens (including phenoxy) is 1. The third kappa shape index (κ3) is 4.10. The SMILES string of the molecule is Cc1nc(N2CCN(C(=O)COc3cccc([N+](=O)[O-])c3)CC2)sc1C. The van der Waals surface area contributed by atoms with Gasteiger partial charge in [-0.15, -0.1) is 11.3 Å². The molecule has 3 rings (SSSR count). The molecule has 0 saturated carbocycles. The van der Waals surface area contributed by atoms with Crippen LogP contribution in [0.5, 0.6) is 5.75 Å². The van der Waals surface area contributed by atoms with Gasteiger partial charge in [-0.1, -0.05) is 6.07 Å². The second-order valence-electron chi connectivity index (χ2n) is 6.05. The molecule has 2 heterocycles. The molecule has 0 atom stereocenters. The molecule has 26 heavy (non-hydrogen) atoms.